The number of guanidine groups is 1. The van der Waals surface area contributed by atoms with Crippen LogP contribution in [0, 0.1) is 0 Å². The van der Waals surface area contributed by atoms with Crippen molar-refractivity contribution in [3.63, 3.8) is 0 Å². The summed E-state index contributed by atoms with van der Waals surface area (Å²) in [7, 11) is 0. The van der Waals surface area contributed by atoms with Crippen LogP contribution in [0.1, 0.15) is 43.0 Å². The van der Waals surface area contributed by atoms with Crippen molar-refractivity contribution in [2.75, 3.05) is 26.2 Å². The number of hydrogen-bond donors (Lipinski definition) is 2. The highest BCUT2D eigenvalue weighted by Crippen LogP contribution is 2.24. The van der Waals surface area contributed by atoms with E-state index in [9.17, 15) is 0 Å². The van der Waals surface area contributed by atoms with Gasteiger partial charge in [0.1, 0.15) is 18.1 Å². The number of aromatic nitrogens is 2. The van der Waals surface area contributed by atoms with Gasteiger partial charge in [-0.25, -0.2) is 9.98 Å². The largest absolute Gasteiger partial charge is 0.468 e. The molecule has 0 aliphatic carbocycles. The molecule has 31 heavy (non-hydrogen) atoms. The van der Waals surface area contributed by atoms with Crippen LogP contribution in [-0.4, -0.2) is 46.6 Å². The third kappa shape index (κ3) is 5.76. The summed E-state index contributed by atoms with van der Waals surface area (Å²) in [6, 6.07) is 14.7. The fourth-order valence-corrected chi connectivity index (χ4v) is 4.04. The summed E-state index contributed by atoms with van der Waals surface area (Å²) < 4.78 is 7.89. The van der Waals surface area contributed by atoms with E-state index < -0.39 is 0 Å². The van der Waals surface area contributed by atoms with Crippen LogP contribution in [0.25, 0.3) is 0 Å². The maximum absolute atomic E-state index is 5.74. The lowest BCUT2D eigenvalue weighted by Gasteiger charge is -2.26. The zero-order valence-corrected chi connectivity index (χ0v) is 18.2. The second-order valence-electron chi connectivity index (χ2n) is 7.81. The predicted octanol–water partition coefficient (Wildman–Crippen LogP) is 3.42. The first-order valence-corrected chi connectivity index (χ1v) is 11.2. The molecule has 1 atom stereocenters. The summed E-state index contributed by atoms with van der Waals surface area (Å²) in [6.45, 7) is 7.17. The Balaban J connectivity index is 1.41. The molecule has 0 bridgehead atoms. The molecule has 4 rings (SSSR count). The highest BCUT2D eigenvalue weighted by atomic mass is 16.3. The maximum atomic E-state index is 5.74. The van der Waals surface area contributed by atoms with E-state index in [-0.39, 0.29) is 6.04 Å². The number of nitrogens with zero attached hydrogens (tertiary/aromatic N) is 4. The molecule has 1 aliphatic heterocycles. The van der Waals surface area contributed by atoms with E-state index in [2.05, 4.69) is 62.3 Å². The summed E-state index contributed by atoms with van der Waals surface area (Å²) in [4.78, 5) is 11.8. The second-order valence-corrected chi connectivity index (χ2v) is 7.81. The molecule has 1 fully saturated rings. The molecular weight excluding hydrogens is 388 g/mol. The number of nitrogens with one attached hydrogen (secondary N) is 2. The first-order valence-electron chi connectivity index (χ1n) is 11.2. The van der Waals surface area contributed by atoms with Gasteiger partial charge in [-0.15, -0.1) is 0 Å². The molecule has 1 saturated heterocycles. The van der Waals surface area contributed by atoms with Crippen molar-refractivity contribution in [1.82, 2.24) is 25.1 Å². The molecule has 164 valence electrons. The van der Waals surface area contributed by atoms with Crippen molar-refractivity contribution >= 4 is 5.96 Å². The number of aliphatic imine (C=N–C) groups is 1. The number of rotatable bonds is 9. The summed E-state index contributed by atoms with van der Waals surface area (Å²) >= 11 is 0. The SMILES string of the molecule is CCNC(=NCc1nccn1Cc1ccccc1)NCC(c1ccco1)N1CCCC1. The number of benzene rings is 1. The van der Waals surface area contributed by atoms with Crippen LogP contribution in [0.2, 0.25) is 0 Å². The van der Waals surface area contributed by atoms with E-state index in [0.717, 1.165) is 50.3 Å². The minimum absolute atomic E-state index is 0.210. The molecule has 3 aromatic rings. The summed E-state index contributed by atoms with van der Waals surface area (Å²) in [6.07, 6.45) is 8.10. The smallest absolute Gasteiger partial charge is 0.191 e. The zero-order chi connectivity index (χ0) is 21.3. The fourth-order valence-electron chi connectivity index (χ4n) is 4.04. The molecule has 0 saturated carbocycles. The summed E-state index contributed by atoms with van der Waals surface area (Å²) in [5.41, 5.74) is 1.25. The Bertz CT molecular complexity index is 928. The van der Waals surface area contributed by atoms with Gasteiger partial charge in [0.15, 0.2) is 5.96 Å². The topological polar surface area (TPSA) is 70.6 Å². The van der Waals surface area contributed by atoms with Gasteiger partial charge in [0.05, 0.1) is 12.3 Å². The van der Waals surface area contributed by atoms with Gasteiger partial charge in [0.2, 0.25) is 0 Å². The van der Waals surface area contributed by atoms with E-state index in [1.807, 2.05) is 24.5 Å². The van der Waals surface area contributed by atoms with Crippen LogP contribution in [0.5, 0.6) is 0 Å². The second kappa shape index (κ2) is 10.8. The quantitative estimate of drug-likeness (QED) is 0.410. The minimum Gasteiger partial charge on any atom is -0.468 e. The Morgan fingerprint density at radius 2 is 1.97 bits per heavy atom. The van der Waals surface area contributed by atoms with Gasteiger partial charge < -0.3 is 19.6 Å². The monoisotopic (exact) mass is 420 g/mol. The van der Waals surface area contributed by atoms with E-state index in [1.54, 1.807) is 6.26 Å². The Hall–Kier alpha value is -3.06. The number of imidazole rings is 1. The van der Waals surface area contributed by atoms with Crippen molar-refractivity contribution < 1.29 is 4.42 Å². The standard InChI is InChI=1S/C24H32N6O/c1-2-25-24(27-17-21(22-11-8-16-31-22)29-13-6-7-14-29)28-18-23-26-12-15-30(23)19-20-9-4-3-5-10-20/h3-5,8-12,15-16,21H,2,6-7,13-14,17-19H2,1H3,(H2,25,27,28). The average Bonchev–Trinajstić information content (AvgIpc) is 3.57. The molecule has 0 radical (unpaired) electrons. The highest BCUT2D eigenvalue weighted by molar-refractivity contribution is 5.79. The molecule has 1 aromatic carbocycles. The molecule has 0 amide bonds. The van der Waals surface area contributed by atoms with Crippen LogP contribution in [0.15, 0.2) is 70.5 Å². The van der Waals surface area contributed by atoms with Crippen LogP contribution >= 0.6 is 0 Å². The lowest BCUT2D eigenvalue weighted by atomic mass is 10.2. The Morgan fingerprint density at radius 3 is 2.71 bits per heavy atom. The molecule has 3 heterocycles. The zero-order valence-electron chi connectivity index (χ0n) is 18.2. The third-order valence-corrected chi connectivity index (χ3v) is 5.64. The van der Waals surface area contributed by atoms with Gasteiger partial charge in [0, 0.05) is 32.0 Å². The van der Waals surface area contributed by atoms with Crippen LogP contribution in [-0.2, 0) is 13.1 Å². The van der Waals surface area contributed by atoms with Crippen molar-refractivity contribution in [3.05, 3.63) is 78.3 Å². The lowest BCUT2D eigenvalue weighted by molar-refractivity contribution is 0.215. The minimum atomic E-state index is 0.210. The third-order valence-electron chi connectivity index (χ3n) is 5.64. The molecule has 2 N–H and O–H groups in total. The van der Waals surface area contributed by atoms with Crippen molar-refractivity contribution in [2.45, 2.75) is 38.9 Å². The Kier molecular flexibility index (Phi) is 7.39. The molecule has 7 heteroatoms. The molecule has 1 aliphatic rings. The van der Waals surface area contributed by atoms with Gasteiger partial charge in [-0.05, 0) is 50.6 Å². The molecule has 7 nitrogen and oxygen atoms in total. The number of furan rings is 1. The maximum Gasteiger partial charge on any atom is 0.191 e. The average molecular weight is 421 g/mol. The summed E-state index contributed by atoms with van der Waals surface area (Å²) in [5.74, 6) is 2.75. The van der Waals surface area contributed by atoms with Crippen LogP contribution in [0.4, 0.5) is 0 Å². The van der Waals surface area contributed by atoms with E-state index in [4.69, 9.17) is 9.41 Å². The van der Waals surface area contributed by atoms with Crippen molar-refractivity contribution in [1.29, 1.82) is 0 Å². The predicted molar refractivity (Wildman–Crippen MR) is 123 cm³/mol. The van der Waals surface area contributed by atoms with Gasteiger partial charge in [-0.1, -0.05) is 30.3 Å². The van der Waals surface area contributed by atoms with Gasteiger partial charge in [0.25, 0.3) is 0 Å². The van der Waals surface area contributed by atoms with Crippen LogP contribution in [0.3, 0.4) is 0 Å². The van der Waals surface area contributed by atoms with Crippen molar-refractivity contribution in [3.8, 4) is 0 Å². The molecular formula is C24H32N6O. The van der Waals surface area contributed by atoms with Gasteiger partial charge in [-0.2, -0.15) is 0 Å². The first kappa shape index (κ1) is 21.2. The first-order chi connectivity index (χ1) is 15.3. The van der Waals surface area contributed by atoms with Gasteiger partial charge >= 0.3 is 0 Å². The number of hydrogen-bond acceptors (Lipinski definition) is 4. The van der Waals surface area contributed by atoms with E-state index in [1.165, 1.54) is 18.4 Å². The molecule has 0 spiro atoms. The Labute approximate surface area is 184 Å². The lowest BCUT2D eigenvalue weighted by Crippen LogP contribution is -2.42. The Morgan fingerprint density at radius 1 is 1.13 bits per heavy atom. The fraction of sp³-hybridized carbons (Fsp3) is 0.417. The van der Waals surface area contributed by atoms with Crippen LogP contribution < -0.4 is 10.6 Å². The highest BCUT2D eigenvalue weighted by Gasteiger charge is 2.25. The number of likely N-dealkylation sites (tertiary alicyclic amines) is 1. The normalized spacial score (nSPS) is 15.8. The van der Waals surface area contributed by atoms with E-state index in [0.29, 0.717) is 6.54 Å². The van der Waals surface area contributed by atoms with Gasteiger partial charge in [-0.3, -0.25) is 4.90 Å². The van der Waals surface area contributed by atoms with Crippen molar-refractivity contribution in [2.24, 2.45) is 4.99 Å². The van der Waals surface area contributed by atoms with E-state index >= 15 is 0 Å². The molecule has 2 aromatic heterocycles. The molecule has 1 unspecified atom stereocenters. The summed E-state index contributed by atoms with van der Waals surface area (Å²) in [5, 5.41) is 6.88.